The van der Waals surface area contributed by atoms with Crippen LogP contribution in [0.3, 0.4) is 0 Å². The standard InChI is InChI=1S/C30H38N6O3/c1-3-27(37)35-18-16-34(17-19-35)26-10-8-6-4-5-7-9-15-36-28-25(21-39-30(36)38)20-31-29(33-28)32-22(2)23-11-13-24(26)14-12-23/h3-4,6,11-14,20,22,26H,1,5,7-10,15-19,21H2,2H3,(H,31,32,33)/b6-4+/t22-,26?/m0/s1. The van der Waals surface area contributed by atoms with E-state index in [0.29, 0.717) is 18.3 Å². The molecule has 1 aromatic heterocycles. The van der Waals surface area contributed by atoms with Gasteiger partial charge in [-0.3, -0.25) is 14.6 Å². The number of cyclic esters (lactones) is 1. The topological polar surface area (TPSA) is 90.9 Å². The summed E-state index contributed by atoms with van der Waals surface area (Å²) in [5.41, 5.74) is 3.25. The average molecular weight is 531 g/mol. The quantitative estimate of drug-likeness (QED) is 0.432. The minimum Gasteiger partial charge on any atom is -0.444 e. The highest BCUT2D eigenvalue weighted by Gasteiger charge is 2.28. The molecule has 1 N–H and O–H groups in total. The number of nitrogens with one attached hydrogen (secondary N) is 1. The normalized spacial score (nSPS) is 23.6. The number of fused-ring (bicyclic) bond motifs is 10. The second kappa shape index (κ2) is 12.4. The number of aromatic nitrogens is 2. The van der Waals surface area contributed by atoms with Crippen LogP contribution in [0.25, 0.3) is 0 Å². The molecule has 4 bridgehead atoms. The van der Waals surface area contributed by atoms with Crippen molar-refractivity contribution in [3.8, 4) is 0 Å². The smallest absolute Gasteiger partial charge is 0.415 e. The van der Waals surface area contributed by atoms with Crippen LogP contribution in [0, 0.1) is 0 Å². The molecule has 2 amide bonds. The Morgan fingerprint density at radius 3 is 2.56 bits per heavy atom. The first kappa shape index (κ1) is 26.9. The summed E-state index contributed by atoms with van der Waals surface area (Å²) in [5, 5.41) is 3.41. The molecule has 9 heteroatoms. The van der Waals surface area contributed by atoms with E-state index < -0.39 is 0 Å². The van der Waals surface area contributed by atoms with Gasteiger partial charge in [0.15, 0.2) is 0 Å². The number of ether oxygens (including phenoxy) is 1. The van der Waals surface area contributed by atoms with Gasteiger partial charge in [-0.1, -0.05) is 43.0 Å². The van der Waals surface area contributed by atoms with Crippen LogP contribution in [0.5, 0.6) is 0 Å². The fourth-order valence-corrected chi connectivity index (χ4v) is 5.55. The Balaban J connectivity index is 1.37. The van der Waals surface area contributed by atoms with Gasteiger partial charge in [-0.25, -0.2) is 9.78 Å². The van der Waals surface area contributed by atoms with E-state index in [1.807, 2.05) is 4.90 Å². The summed E-state index contributed by atoms with van der Waals surface area (Å²) in [4.78, 5) is 39.8. The molecule has 5 heterocycles. The van der Waals surface area contributed by atoms with Crippen molar-refractivity contribution in [1.29, 1.82) is 0 Å². The van der Waals surface area contributed by atoms with Gasteiger partial charge < -0.3 is 15.0 Å². The lowest BCUT2D eigenvalue weighted by Crippen LogP contribution is -2.49. The molecule has 206 valence electrons. The first-order valence-electron chi connectivity index (χ1n) is 14.0. The van der Waals surface area contributed by atoms with E-state index in [1.165, 1.54) is 11.6 Å². The molecule has 9 nitrogen and oxygen atoms in total. The van der Waals surface area contributed by atoms with Crippen molar-refractivity contribution >= 4 is 23.8 Å². The number of carbonyl (C=O) groups is 2. The van der Waals surface area contributed by atoms with Gasteiger partial charge in [0.25, 0.3) is 0 Å². The Kier molecular flexibility index (Phi) is 8.56. The maximum absolute atomic E-state index is 12.5. The second-order valence-electron chi connectivity index (χ2n) is 10.4. The van der Waals surface area contributed by atoms with Crippen molar-refractivity contribution in [1.82, 2.24) is 19.8 Å². The lowest BCUT2D eigenvalue weighted by Gasteiger charge is -2.39. The van der Waals surface area contributed by atoms with Gasteiger partial charge in [0.05, 0.1) is 11.6 Å². The average Bonchev–Trinajstić information content (AvgIpc) is 2.97. The molecular weight excluding hydrogens is 492 g/mol. The zero-order valence-electron chi connectivity index (χ0n) is 22.7. The van der Waals surface area contributed by atoms with Crippen molar-refractivity contribution in [3.63, 3.8) is 0 Å². The molecule has 1 fully saturated rings. The van der Waals surface area contributed by atoms with Crippen molar-refractivity contribution in [2.24, 2.45) is 0 Å². The van der Waals surface area contributed by atoms with Gasteiger partial charge in [0.2, 0.25) is 11.9 Å². The molecule has 1 unspecified atom stereocenters. The number of allylic oxidation sites excluding steroid dienone is 2. The number of nitrogens with zero attached hydrogens (tertiary/aromatic N) is 5. The number of hydrogen-bond donors (Lipinski definition) is 1. The van der Waals surface area contributed by atoms with Crippen molar-refractivity contribution in [2.75, 3.05) is 42.9 Å². The minimum atomic E-state index is -0.349. The largest absolute Gasteiger partial charge is 0.444 e. The lowest BCUT2D eigenvalue weighted by atomic mass is 9.96. The summed E-state index contributed by atoms with van der Waals surface area (Å²) < 4.78 is 5.35. The van der Waals surface area contributed by atoms with E-state index >= 15 is 0 Å². The molecule has 4 aliphatic rings. The van der Waals surface area contributed by atoms with Crippen LogP contribution in [0.15, 0.2) is 55.3 Å². The van der Waals surface area contributed by atoms with Crippen molar-refractivity contribution < 1.29 is 14.3 Å². The molecule has 0 radical (unpaired) electrons. The number of carbonyl (C=O) groups excluding carboxylic acids is 2. The highest BCUT2D eigenvalue weighted by Crippen LogP contribution is 2.30. The predicted molar refractivity (Wildman–Crippen MR) is 151 cm³/mol. The molecule has 0 spiro atoms. The summed E-state index contributed by atoms with van der Waals surface area (Å²) in [7, 11) is 0. The third-order valence-electron chi connectivity index (χ3n) is 7.85. The Bertz CT molecular complexity index is 1210. The Morgan fingerprint density at radius 2 is 1.79 bits per heavy atom. The third kappa shape index (κ3) is 6.30. The number of piperazine rings is 1. The Hall–Kier alpha value is -3.72. The van der Waals surface area contributed by atoms with Crippen molar-refractivity contribution in [2.45, 2.75) is 57.7 Å². The van der Waals surface area contributed by atoms with Crippen LogP contribution < -0.4 is 10.2 Å². The summed E-state index contributed by atoms with van der Waals surface area (Å²) in [6.45, 7) is 9.63. The molecule has 1 saturated heterocycles. The third-order valence-corrected chi connectivity index (χ3v) is 7.85. The van der Waals surface area contributed by atoms with Crippen LogP contribution >= 0.6 is 0 Å². The monoisotopic (exact) mass is 530 g/mol. The fourth-order valence-electron chi connectivity index (χ4n) is 5.55. The van der Waals surface area contributed by atoms with Gasteiger partial charge in [-0.2, -0.15) is 4.98 Å². The summed E-state index contributed by atoms with van der Waals surface area (Å²) in [6.07, 6.45) is 12.1. The van der Waals surface area contributed by atoms with E-state index in [2.05, 4.69) is 65.1 Å². The number of anilines is 2. The second-order valence-corrected chi connectivity index (χ2v) is 10.4. The molecule has 39 heavy (non-hydrogen) atoms. The zero-order valence-corrected chi connectivity index (χ0v) is 22.7. The Labute approximate surface area is 230 Å². The highest BCUT2D eigenvalue weighted by molar-refractivity contribution is 5.89. The minimum absolute atomic E-state index is 0.0105. The van der Waals surface area contributed by atoms with Gasteiger partial charge >= 0.3 is 6.09 Å². The van der Waals surface area contributed by atoms with Crippen LogP contribution in [0.1, 0.15) is 67.8 Å². The van der Waals surface area contributed by atoms with Crippen LogP contribution in [0.2, 0.25) is 0 Å². The Morgan fingerprint density at radius 1 is 1.05 bits per heavy atom. The van der Waals surface area contributed by atoms with E-state index in [4.69, 9.17) is 9.72 Å². The highest BCUT2D eigenvalue weighted by atomic mass is 16.6. The molecule has 2 aromatic rings. The number of amides is 2. The summed E-state index contributed by atoms with van der Waals surface area (Å²) in [5.74, 6) is 1.14. The molecule has 0 aliphatic carbocycles. The maximum Gasteiger partial charge on any atom is 0.415 e. The van der Waals surface area contributed by atoms with Gasteiger partial charge in [0, 0.05) is 45.0 Å². The molecule has 2 atom stereocenters. The van der Waals surface area contributed by atoms with Crippen LogP contribution in [0.4, 0.5) is 16.6 Å². The van der Waals surface area contributed by atoms with Gasteiger partial charge in [0.1, 0.15) is 12.4 Å². The lowest BCUT2D eigenvalue weighted by molar-refractivity contribution is -0.128. The van der Waals surface area contributed by atoms with Crippen LogP contribution in [-0.2, 0) is 16.1 Å². The molecule has 0 saturated carbocycles. The zero-order chi connectivity index (χ0) is 27.2. The van der Waals surface area contributed by atoms with E-state index in [-0.39, 0.29) is 30.7 Å². The van der Waals surface area contributed by atoms with Gasteiger partial charge in [-0.15, -0.1) is 0 Å². The number of benzene rings is 1. The first-order valence-corrected chi connectivity index (χ1v) is 14.0. The fraction of sp³-hybridized carbons (Fsp3) is 0.467. The molecule has 1 aromatic carbocycles. The molecule has 6 rings (SSSR count). The number of hydrogen-bond acceptors (Lipinski definition) is 7. The van der Waals surface area contributed by atoms with E-state index in [1.54, 1.807) is 11.1 Å². The molecule has 4 aliphatic heterocycles. The van der Waals surface area contributed by atoms with Crippen molar-refractivity contribution in [3.05, 3.63) is 72.0 Å². The molecular formula is C30H38N6O3. The van der Waals surface area contributed by atoms with Crippen LogP contribution in [-0.4, -0.2) is 64.5 Å². The summed E-state index contributed by atoms with van der Waals surface area (Å²) >= 11 is 0. The predicted octanol–water partition coefficient (Wildman–Crippen LogP) is 5.00. The first-order chi connectivity index (χ1) is 19.0. The van der Waals surface area contributed by atoms with Gasteiger partial charge in [-0.05, 0) is 56.2 Å². The number of rotatable bonds is 2. The van der Waals surface area contributed by atoms with E-state index in [9.17, 15) is 9.59 Å². The summed E-state index contributed by atoms with van der Waals surface area (Å²) in [6, 6.07) is 9.06. The SMILES string of the molecule is C=CC(=O)N1CCN(C2CC/C=C/CCCCN3C(=O)OCc4cnc(nc43)N[C@@H](C)c3ccc2cc3)CC1. The maximum atomic E-state index is 12.5. The van der Waals surface area contributed by atoms with E-state index in [0.717, 1.165) is 69.4 Å².